The molecule has 2 rings (SSSR count). The molecule has 1 saturated heterocycles. The summed E-state index contributed by atoms with van der Waals surface area (Å²) in [4.78, 5) is 36.6. The lowest BCUT2D eigenvalue weighted by molar-refractivity contribution is -0.140. The Bertz CT molecular complexity index is 589. The number of imide groups is 1. The maximum atomic E-state index is 12.0. The maximum Gasteiger partial charge on any atom is 0.250 e. The van der Waals surface area contributed by atoms with E-state index in [0.29, 0.717) is 5.69 Å². The number of carbonyl (C=O) groups is 2. The number of aromatic nitrogens is 1. The summed E-state index contributed by atoms with van der Waals surface area (Å²) in [5.41, 5.74) is 5.23. The van der Waals surface area contributed by atoms with E-state index in [1.807, 2.05) is 0 Å². The number of hydrogen-bond donors (Lipinski definition) is 1. The van der Waals surface area contributed by atoms with Crippen molar-refractivity contribution in [3.63, 3.8) is 0 Å². The molecule has 1 fully saturated rings. The van der Waals surface area contributed by atoms with Gasteiger partial charge in [0.2, 0.25) is 11.8 Å². The van der Waals surface area contributed by atoms with Crippen molar-refractivity contribution < 1.29 is 9.59 Å². The highest BCUT2D eigenvalue weighted by Crippen LogP contribution is 2.31. The van der Waals surface area contributed by atoms with Crippen molar-refractivity contribution in [2.45, 2.75) is 26.8 Å². The Morgan fingerprint density at radius 1 is 1.21 bits per heavy atom. The van der Waals surface area contributed by atoms with E-state index in [1.165, 1.54) is 27.8 Å². The van der Waals surface area contributed by atoms with Gasteiger partial charge >= 0.3 is 0 Å². The van der Waals surface area contributed by atoms with Crippen LogP contribution < -0.4 is 11.3 Å². The molecule has 0 spiro atoms. The average molecular weight is 263 g/mol. The number of nitrogen functional groups attached to an aromatic ring is 1. The van der Waals surface area contributed by atoms with E-state index < -0.39 is 5.41 Å². The lowest BCUT2D eigenvalue weighted by Crippen LogP contribution is -2.37. The Hall–Kier alpha value is -2.11. The third kappa shape index (κ3) is 2.52. The minimum absolute atomic E-state index is 0.186. The minimum Gasteiger partial charge on any atom is -0.398 e. The summed E-state index contributed by atoms with van der Waals surface area (Å²) in [6.07, 6.45) is 1.73. The Kier molecular flexibility index (Phi) is 3.18. The molecular weight excluding hydrogens is 246 g/mol. The molecule has 19 heavy (non-hydrogen) atoms. The molecule has 6 nitrogen and oxygen atoms in total. The van der Waals surface area contributed by atoms with Crippen molar-refractivity contribution in [3.8, 4) is 0 Å². The number of likely N-dealkylation sites (tertiary alicyclic amines) is 1. The molecule has 2 N–H and O–H groups in total. The molecule has 0 aromatic carbocycles. The highest BCUT2D eigenvalue weighted by molar-refractivity contribution is 6.05. The van der Waals surface area contributed by atoms with E-state index in [0.717, 1.165) is 0 Å². The molecule has 0 saturated carbocycles. The van der Waals surface area contributed by atoms with Crippen LogP contribution in [0.1, 0.15) is 20.3 Å². The molecule has 0 unspecified atom stereocenters. The highest BCUT2D eigenvalue weighted by Gasteiger charge is 2.44. The molecule has 1 aromatic heterocycles. The molecule has 0 atom stereocenters. The first-order valence-corrected chi connectivity index (χ1v) is 6.12. The van der Waals surface area contributed by atoms with Gasteiger partial charge in [0.05, 0.1) is 5.41 Å². The van der Waals surface area contributed by atoms with Crippen LogP contribution in [0.2, 0.25) is 0 Å². The molecule has 0 radical (unpaired) electrons. The quantitative estimate of drug-likeness (QED) is 0.790. The van der Waals surface area contributed by atoms with Crippen LogP contribution in [0.4, 0.5) is 5.69 Å². The van der Waals surface area contributed by atoms with Gasteiger partial charge in [0, 0.05) is 37.5 Å². The van der Waals surface area contributed by atoms with Crippen LogP contribution in [0.15, 0.2) is 23.1 Å². The van der Waals surface area contributed by atoms with Crippen LogP contribution >= 0.6 is 0 Å². The number of nitrogens with two attached hydrogens (primary N) is 1. The van der Waals surface area contributed by atoms with Gasteiger partial charge in [0.1, 0.15) is 0 Å². The number of hydrogen-bond acceptors (Lipinski definition) is 4. The van der Waals surface area contributed by atoms with Gasteiger partial charge in [-0.2, -0.15) is 0 Å². The lowest BCUT2D eigenvalue weighted by atomic mass is 9.92. The van der Waals surface area contributed by atoms with E-state index in [9.17, 15) is 14.4 Å². The summed E-state index contributed by atoms with van der Waals surface area (Å²) in [7, 11) is 0. The zero-order valence-electron chi connectivity index (χ0n) is 11.0. The Morgan fingerprint density at radius 3 is 2.47 bits per heavy atom. The second kappa shape index (κ2) is 4.53. The van der Waals surface area contributed by atoms with Crippen molar-refractivity contribution in [3.05, 3.63) is 28.7 Å². The first-order chi connectivity index (χ1) is 8.81. The molecular formula is C13H17N3O3. The molecule has 2 heterocycles. The van der Waals surface area contributed by atoms with Crippen molar-refractivity contribution in [2.24, 2.45) is 5.41 Å². The van der Waals surface area contributed by atoms with Crippen LogP contribution in [0.25, 0.3) is 0 Å². The molecule has 102 valence electrons. The number of carbonyl (C=O) groups excluding carboxylic acids is 2. The molecule has 1 aliphatic rings. The maximum absolute atomic E-state index is 12.0. The number of amides is 2. The molecule has 1 aromatic rings. The van der Waals surface area contributed by atoms with E-state index >= 15 is 0 Å². The smallest absolute Gasteiger partial charge is 0.250 e. The number of nitrogens with zero attached hydrogens (tertiary/aromatic N) is 2. The molecule has 1 aliphatic heterocycles. The van der Waals surface area contributed by atoms with Gasteiger partial charge in [-0.05, 0) is 6.07 Å². The van der Waals surface area contributed by atoms with Crippen molar-refractivity contribution in [1.82, 2.24) is 9.47 Å². The van der Waals surface area contributed by atoms with Crippen LogP contribution in [0, 0.1) is 5.41 Å². The predicted molar refractivity (Wildman–Crippen MR) is 70.2 cm³/mol. The first kappa shape index (κ1) is 13.3. The Morgan fingerprint density at radius 2 is 1.89 bits per heavy atom. The van der Waals surface area contributed by atoms with Gasteiger partial charge in [-0.25, -0.2) is 0 Å². The van der Waals surface area contributed by atoms with E-state index in [2.05, 4.69) is 0 Å². The van der Waals surface area contributed by atoms with Gasteiger partial charge < -0.3 is 10.3 Å². The predicted octanol–water partition coefficient (Wildman–Crippen LogP) is 0.216. The standard InChI is InChI=1S/C13H17N3O3/c1-13(2)7-11(18)16(12(13)19)6-5-15-8-9(14)3-4-10(15)17/h3-4,8H,5-7,14H2,1-2H3. The zero-order valence-corrected chi connectivity index (χ0v) is 11.0. The van der Waals surface area contributed by atoms with Crippen molar-refractivity contribution in [1.29, 1.82) is 0 Å². The normalized spacial score (nSPS) is 18.1. The van der Waals surface area contributed by atoms with Gasteiger partial charge in [0.25, 0.3) is 5.56 Å². The van der Waals surface area contributed by atoms with E-state index in [-0.39, 0.29) is 36.9 Å². The second-order valence-corrected chi connectivity index (χ2v) is 5.41. The number of anilines is 1. The SMILES string of the molecule is CC1(C)CC(=O)N(CCn2cc(N)ccc2=O)C1=O. The fraction of sp³-hybridized carbons (Fsp3) is 0.462. The summed E-state index contributed by atoms with van der Waals surface area (Å²) in [5.74, 6) is -0.374. The van der Waals surface area contributed by atoms with Crippen molar-refractivity contribution in [2.75, 3.05) is 12.3 Å². The Balaban J connectivity index is 2.11. The topological polar surface area (TPSA) is 85.4 Å². The van der Waals surface area contributed by atoms with E-state index in [1.54, 1.807) is 13.8 Å². The summed E-state index contributed by atoms with van der Waals surface area (Å²) < 4.78 is 1.40. The largest absolute Gasteiger partial charge is 0.398 e. The van der Waals surface area contributed by atoms with Crippen LogP contribution in [-0.2, 0) is 16.1 Å². The number of pyridine rings is 1. The van der Waals surface area contributed by atoms with Gasteiger partial charge in [0.15, 0.2) is 0 Å². The first-order valence-electron chi connectivity index (χ1n) is 6.12. The van der Waals surface area contributed by atoms with Crippen molar-refractivity contribution >= 4 is 17.5 Å². The van der Waals surface area contributed by atoms with Crippen LogP contribution in [0.3, 0.4) is 0 Å². The third-order valence-corrected chi connectivity index (χ3v) is 3.29. The average Bonchev–Trinajstić information content (AvgIpc) is 2.51. The lowest BCUT2D eigenvalue weighted by Gasteiger charge is -2.18. The summed E-state index contributed by atoms with van der Waals surface area (Å²) in [6, 6.07) is 2.89. The zero-order chi connectivity index (χ0) is 14.2. The van der Waals surface area contributed by atoms with Crippen LogP contribution in [0.5, 0.6) is 0 Å². The monoisotopic (exact) mass is 263 g/mol. The molecule has 2 amide bonds. The molecule has 6 heteroatoms. The van der Waals surface area contributed by atoms with Gasteiger partial charge in [-0.3, -0.25) is 19.3 Å². The minimum atomic E-state index is -0.641. The van der Waals surface area contributed by atoms with Gasteiger partial charge in [-0.1, -0.05) is 13.8 Å². The summed E-state index contributed by atoms with van der Waals surface area (Å²) in [5, 5.41) is 0. The second-order valence-electron chi connectivity index (χ2n) is 5.41. The summed E-state index contributed by atoms with van der Waals surface area (Å²) >= 11 is 0. The van der Waals surface area contributed by atoms with Crippen LogP contribution in [-0.4, -0.2) is 27.8 Å². The Labute approximate surface area is 110 Å². The summed E-state index contributed by atoms with van der Waals surface area (Å²) in [6.45, 7) is 3.96. The van der Waals surface area contributed by atoms with Gasteiger partial charge in [-0.15, -0.1) is 0 Å². The fourth-order valence-corrected chi connectivity index (χ4v) is 2.19. The fourth-order valence-electron chi connectivity index (χ4n) is 2.19. The third-order valence-electron chi connectivity index (χ3n) is 3.29. The molecule has 0 bridgehead atoms. The number of rotatable bonds is 3. The highest BCUT2D eigenvalue weighted by atomic mass is 16.2. The van der Waals surface area contributed by atoms with E-state index in [4.69, 9.17) is 5.73 Å². The molecule has 0 aliphatic carbocycles.